The zero-order valence-corrected chi connectivity index (χ0v) is 11.8. The molecule has 0 aromatic carbocycles. The van der Waals surface area contributed by atoms with Crippen LogP contribution in [-0.4, -0.2) is 60.7 Å². The molecule has 1 aliphatic heterocycles. The normalized spacial score (nSPS) is 26.6. The molecule has 1 saturated heterocycles. The van der Waals surface area contributed by atoms with Gasteiger partial charge in [-0.1, -0.05) is 0 Å². The number of nitrogens with zero attached hydrogens (tertiary/aromatic N) is 1. The summed E-state index contributed by atoms with van der Waals surface area (Å²) in [5.41, 5.74) is -0.163. The fourth-order valence-corrected chi connectivity index (χ4v) is 2.75. The van der Waals surface area contributed by atoms with Crippen LogP contribution in [0.15, 0.2) is 0 Å². The van der Waals surface area contributed by atoms with Crippen LogP contribution in [0.25, 0.3) is 0 Å². The summed E-state index contributed by atoms with van der Waals surface area (Å²) in [5.74, 6) is 0. The third kappa shape index (κ3) is 4.21. The number of likely N-dealkylation sites (N-methyl/N-ethyl adjacent to an activating group) is 1. The molecule has 1 heterocycles. The van der Waals surface area contributed by atoms with Gasteiger partial charge in [0.1, 0.15) is 0 Å². The van der Waals surface area contributed by atoms with Crippen molar-refractivity contribution in [2.75, 3.05) is 33.4 Å². The first kappa shape index (κ1) is 14.9. The molecule has 1 aliphatic rings. The van der Waals surface area contributed by atoms with Crippen LogP contribution in [0.5, 0.6) is 0 Å². The number of hydrogen-bond acceptors (Lipinski definition) is 4. The Morgan fingerprint density at radius 3 is 2.41 bits per heavy atom. The summed E-state index contributed by atoms with van der Waals surface area (Å²) in [4.78, 5) is 2.30. The van der Waals surface area contributed by atoms with Crippen LogP contribution in [0.2, 0.25) is 0 Å². The molecule has 0 saturated carbocycles. The molecule has 102 valence electrons. The molecule has 4 heteroatoms. The second kappa shape index (κ2) is 5.65. The summed E-state index contributed by atoms with van der Waals surface area (Å²) in [6.07, 6.45) is 1.04. The minimum Gasteiger partial charge on any atom is -0.394 e. The molecule has 0 amide bonds. The van der Waals surface area contributed by atoms with Crippen LogP contribution in [0, 0.1) is 0 Å². The SMILES string of the molecule is CN(CCOCCO)C1CC(C)(C)OC1(C)C. The molecule has 1 fully saturated rings. The Bertz CT molecular complexity index is 241. The predicted molar refractivity (Wildman–Crippen MR) is 68.2 cm³/mol. The van der Waals surface area contributed by atoms with E-state index in [4.69, 9.17) is 14.6 Å². The molecular weight excluding hydrogens is 218 g/mol. The van der Waals surface area contributed by atoms with Crippen LogP contribution >= 0.6 is 0 Å². The Morgan fingerprint density at radius 2 is 1.94 bits per heavy atom. The fraction of sp³-hybridized carbons (Fsp3) is 1.00. The van der Waals surface area contributed by atoms with E-state index in [2.05, 4.69) is 39.6 Å². The second-order valence-corrected chi connectivity index (χ2v) is 6.00. The lowest BCUT2D eigenvalue weighted by Gasteiger charge is -2.33. The molecule has 0 aromatic rings. The lowest BCUT2D eigenvalue weighted by atomic mass is 9.93. The summed E-state index contributed by atoms with van der Waals surface area (Å²) >= 11 is 0. The van der Waals surface area contributed by atoms with E-state index in [1.165, 1.54) is 0 Å². The van der Waals surface area contributed by atoms with E-state index in [0.717, 1.165) is 13.0 Å². The number of aliphatic hydroxyl groups excluding tert-OH is 1. The van der Waals surface area contributed by atoms with Crippen molar-refractivity contribution in [2.45, 2.75) is 51.4 Å². The van der Waals surface area contributed by atoms with Crippen molar-refractivity contribution in [3.05, 3.63) is 0 Å². The van der Waals surface area contributed by atoms with Crippen LogP contribution in [0.1, 0.15) is 34.1 Å². The van der Waals surface area contributed by atoms with Crippen molar-refractivity contribution in [1.82, 2.24) is 4.90 Å². The first-order valence-corrected chi connectivity index (χ1v) is 6.37. The molecule has 17 heavy (non-hydrogen) atoms. The Morgan fingerprint density at radius 1 is 1.29 bits per heavy atom. The van der Waals surface area contributed by atoms with Gasteiger partial charge in [-0.15, -0.1) is 0 Å². The van der Waals surface area contributed by atoms with E-state index < -0.39 is 0 Å². The Kier molecular flexibility index (Phi) is 4.95. The van der Waals surface area contributed by atoms with Crippen LogP contribution in [0.4, 0.5) is 0 Å². The minimum atomic E-state index is -0.116. The van der Waals surface area contributed by atoms with Gasteiger partial charge in [0, 0.05) is 12.6 Å². The molecule has 1 rings (SSSR count). The van der Waals surface area contributed by atoms with Gasteiger partial charge in [0.25, 0.3) is 0 Å². The van der Waals surface area contributed by atoms with Crippen LogP contribution < -0.4 is 0 Å². The van der Waals surface area contributed by atoms with Crippen LogP contribution in [0.3, 0.4) is 0 Å². The average Bonchev–Trinajstić information content (AvgIpc) is 2.41. The van der Waals surface area contributed by atoms with E-state index in [1.54, 1.807) is 0 Å². The van der Waals surface area contributed by atoms with E-state index in [0.29, 0.717) is 19.3 Å². The lowest BCUT2D eigenvalue weighted by molar-refractivity contribution is -0.0798. The molecule has 0 bridgehead atoms. The third-order valence-corrected chi connectivity index (χ3v) is 3.38. The predicted octanol–water partition coefficient (Wildman–Crippen LogP) is 1.27. The highest BCUT2D eigenvalue weighted by Gasteiger charge is 2.47. The van der Waals surface area contributed by atoms with Crippen molar-refractivity contribution >= 4 is 0 Å². The highest BCUT2D eigenvalue weighted by atomic mass is 16.5. The number of rotatable bonds is 6. The number of ether oxygens (including phenoxy) is 2. The molecular formula is C13H27NO3. The highest BCUT2D eigenvalue weighted by Crippen LogP contribution is 2.39. The smallest absolute Gasteiger partial charge is 0.0789 e. The minimum absolute atomic E-state index is 0.0472. The first-order valence-electron chi connectivity index (χ1n) is 6.37. The van der Waals surface area contributed by atoms with Gasteiger partial charge in [0.2, 0.25) is 0 Å². The highest BCUT2D eigenvalue weighted by molar-refractivity contribution is 4.99. The standard InChI is InChI=1S/C13H27NO3/c1-12(2)10-11(13(3,4)17-12)14(5)6-8-16-9-7-15/h11,15H,6-10H2,1-5H3. The Balaban J connectivity index is 2.43. The molecule has 0 radical (unpaired) electrons. The molecule has 1 unspecified atom stereocenters. The summed E-state index contributed by atoms with van der Waals surface area (Å²) in [6.45, 7) is 10.6. The Labute approximate surface area is 105 Å². The lowest BCUT2D eigenvalue weighted by Crippen LogP contribution is -2.45. The largest absolute Gasteiger partial charge is 0.394 e. The molecule has 0 aromatic heterocycles. The van der Waals surface area contributed by atoms with Crippen molar-refractivity contribution in [3.8, 4) is 0 Å². The monoisotopic (exact) mass is 245 g/mol. The molecule has 1 atom stereocenters. The summed E-state index contributed by atoms with van der Waals surface area (Å²) < 4.78 is 11.4. The van der Waals surface area contributed by atoms with Gasteiger partial charge in [-0.25, -0.2) is 0 Å². The van der Waals surface area contributed by atoms with Gasteiger partial charge in [0.15, 0.2) is 0 Å². The zero-order chi connectivity index (χ0) is 13.1. The third-order valence-electron chi connectivity index (χ3n) is 3.38. The molecule has 1 N–H and O–H groups in total. The van der Waals surface area contributed by atoms with Gasteiger partial charge in [-0.3, -0.25) is 4.90 Å². The number of hydrogen-bond donors (Lipinski definition) is 1. The van der Waals surface area contributed by atoms with Crippen molar-refractivity contribution in [2.24, 2.45) is 0 Å². The van der Waals surface area contributed by atoms with Gasteiger partial charge in [-0.2, -0.15) is 0 Å². The van der Waals surface area contributed by atoms with Gasteiger partial charge >= 0.3 is 0 Å². The van der Waals surface area contributed by atoms with Gasteiger partial charge < -0.3 is 14.6 Å². The quantitative estimate of drug-likeness (QED) is 0.716. The van der Waals surface area contributed by atoms with Crippen molar-refractivity contribution < 1.29 is 14.6 Å². The maximum absolute atomic E-state index is 8.64. The maximum atomic E-state index is 8.64. The zero-order valence-electron chi connectivity index (χ0n) is 11.8. The van der Waals surface area contributed by atoms with E-state index in [1.807, 2.05) is 0 Å². The maximum Gasteiger partial charge on any atom is 0.0789 e. The Hall–Kier alpha value is -0.160. The topological polar surface area (TPSA) is 41.9 Å². The molecule has 0 spiro atoms. The van der Waals surface area contributed by atoms with Gasteiger partial charge in [-0.05, 0) is 41.2 Å². The van der Waals surface area contributed by atoms with Crippen molar-refractivity contribution in [3.63, 3.8) is 0 Å². The average molecular weight is 245 g/mol. The summed E-state index contributed by atoms with van der Waals surface area (Å²) in [7, 11) is 2.11. The molecule has 0 aliphatic carbocycles. The van der Waals surface area contributed by atoms with E-state index in [-0.39, 0.29) is 17.8 Å². The summed E-state index contributed by atoms with van der Waals surface area (Å²) in [6, 6.07) is 0.412. The molecule has 4 nitrogen and oxygen atoms in total. The number of aliphatic hydroxyl groups is 1. The second-order valence-electron chi connectivity index (χ2n) is 6.00. The fourth-order valence-electron chi connectivity index (χ4n) is 2.75. The van der Waals surface area contributed by atoms with E-state index >= 15 is 0 Å². The van der Waals surface area contributed by atoms with E-state index in [9.17, 15) is 0 Å². The first-order chi connectivity index (χ1) is 7.78. The van der Waals surface area contributed by atoms with Crippen molar-refractivity contribution in [1.29, 1.82) is 0 Å². The van der Waals surface area contributed by atoms with Gasteiger partial charge in [0.05, 0.1) is 31.0 Å². The van der Waals surface area contributed by atoms with Crippen LogP contribution in [-0.2, 0) is 9.47 Å². The summed E-state index contributed by atoms with van der Waals surface area (Å²) in [5, 5.41) is 8.64.